The highest BCUT2D eigenvalue weighted by Gasteiger charge is 2.29. The first-order valence-electron chi connectivity index (χ1n) is 8.92. The molecule has 0 radical (unpaired) electrons. The van der Waals surface area contributed by atoms with E-state index in [0.29, 0.717) is 38.5 Å². The van der Waals surface area contributed by atoms with Crippen LogP contribution >= 0.6 is 0 Å². The van der Waals surface area contributed by atoms with Gasteiger partial charge in [-0.2, -0.15) is 0 Å². The summed E-state index contributed by atoms with van der Waals surface area (Å²) in [6, 6.07) is 13.2. The molecule has 1 aliphatic heterocycles. The maximum Gasteiger partial charge on any atom is 0.289 e. The maximum atomic E-state index is 12.7. The molecule has 138 valence electrons. The Morgan fingerprint density at radius 2 is 1.77 bits per heavy atom. The Balaban J connectivity index is 1.52. The molecule has 3 rings (SSSR count). The predicted octanol–water partition coefficient (Wildman–Crippen LogP) is 2.08. The Bertz CT molecular complexity index is 722. The molecule has 0 N–H and O–H groups in total. The molecule has 1 atom stereocenters. The number of piperazine rings is 1. The Morgan fingerprint density at radius 1 is 1.08 bits per heavy atom. The highest BCUT2D eigenvalue weighted by atomic mass is 16.3. The number of hydrogen-bond donors (Lipinski definition) is 0. The van der Waals surface area contributed by atoms with E-state index in [-0.39, 0.29) is 17.9 Å². The first-order chi connectivity index (χ1) is 12.6. The van der Waals surface area contributed by atoms with Crippen LogP contribution in [0.4, 0.5) is 0 Å². The Kier molecular flexibility index (Phi) is 5.73. The zero-order valence-electron chi connectivity index (χ0n) is 15.3. The number of amides is 2. The van der Waals surface area contributed by atoms with Crippen molar-refractivity contribution in [2.45, 2.75) is 19.5 Å². The van der Waals surface area contributed by atoms with Crippen molar-refractivity contribution < 1.29 is 14.0 Å². The average molecular weight is 355 g/mol. The Morgan fingerprint density at radius 3 is 2.38 bits per heavy atom. The second-order valence-electron chi connectivity index (χ2n) is 6.66. The second-order valence-corrected chi connectivity index (χ2v) is 6.66. The number of carbonyl (C=O) groups is 2. The molecule has 0 spiro atoms. The molecule has 1 aromatic carbocycles. The van der Waals surface area contributed by atoms with E-state index in [4.69, 9.17) is 4.42 Å². The molecule has 2 heterocycles. The van der Waals surface area contributed by atoms with E-state index < -0.39 is 0 Å². The molecule has 2 amide bonds. The van der Waals surface area contributed by atoms with Crippen LogP contribution in [0, 0.1) is 0 Å². The number of carbonyl (C=O) groups excluding carboxylic acids is 2. The van der Waals surface area contributed by atoms with Crippen molar-refractivity contribution in [1.29, 1.82) is 0 Å². The zero-order chi connectivity index (χ0) is 18.5. The standard InChI is InChI=1S/C20H25N3O3/c1-16(19(24)21(2)15-17-7-4-3-5-8-17)22-10-12-23(13-11-22)20(25)18-9-6-14-26-18/h3-9,14,16H,10-13,15H2,1-2H3/t16-/m0/s1. The maximum absolute atomic E-state index is 12.7. The van der Waals surface area contributed by atoms with Gasteiger partial charge in [-0.1, -0.05) is 30.3 Å². The van der Waals surface area contributed by atoms with Crippen LogP contribution in [-0.4, -0.2) is 65.8 Å². The summed E-state index contributed by atoms with van der Waals surface area (Å²) in [5, 5.41) is 0. The lowest BCUT2D eigenvalue weighted by molar-refractivity contribution is -0.136. The number of hydrogen-bond acceptors (Lipinski definition) is 4. The van der Waals surface area contributed by atoms with Crippen molar-refractivity contribution in [2.24, 2.45) is 0 Å². The molecule has 0 unspecified atom stereocenters. The number of furan rings is 1. The van der Waals surface area contributed by atoms with Gasteiger partial charge in [-0.15, -0.1) is 0 Å². The molecular weight excluding hydrogens is 330 g/mol. The van der Waals surface area contributed by atoms with Crippen molar-refractivity contribution in [3.63, 3.8) is 0 Å². The number of nitrogens with zero attached hydrogens (tertiary/aromatic N) is 3. The van der Waals surface area contributed by atoms with Gasteiger partial charge in [0.1, 0.15) is 0 Å². The SMILES string of the molecule is C[C@@H](C(=O)N(C)Cc1ccccc1)N1CCN(C(=O)c2ccco2)CC1. The van der Waals surface area contributed by atoms with E-state index in [9.17, 15) is 9.59 Å². The monoisotopic (exact) mass is 355 g/mol. The summed E-state index contributed by atoms with van der Waals surface area (Å²) in [7, 11) is 1.84. The van der Waals surface area contributed by atoms with Gasteiger partial charge in [0, 0.05) is 39.8 Å². The first-order valence-corrected chi connectivity index (χ1v) is 8.92. The fraction of sp³-hybridized carbons (Fsp3) is 0.400. The third-order valence-corrected chi connectivity index (χ3v) is 4.88. The Hall–Kier alpha value is -2.60. The van der Waals surface area contributed by atoms with Crippen molar-refractivity contribution in [2.75, 3.05) is 33.2 Å². The van der Waals surface area contributed by atoms with Gasteiger partial charge in [0.2, 0.25) is 5.91 Å². The largest absolute Gasteiger partial charge is 0.459 e. The lowest BCUT2D eigenvalue weighted by Gasteiger charge is -2.38. The molecule has 2 aromatic rings. The van der Waals surface area contributed by atoms with Crippen LogP contribution in [0.2, 0.25) is 0 Å². The van der Waals surface area contributed by atoms with Crippen LogP contribution in [-0.2, 0) is 11.3 Å². The molecule has 0 aliphatic carbocycles. The zero-order valence-corrected chi connectivity index (χ0v) is 15.3. The van der Waals surface area contributed by atoms with Gasteiger partial charge >= 0.3 is 0 Å². The summed E-state index contributed by atoms with van der Waals surface area (Å²) in [5.74, 6) is 0.375. The van der Waals surface area contributed by atoms with Crippen molar-refractivity contribution in [3.8, 4) is 0 Å². The predicted molar refractivity (Wildman–Crippen MR) is 98.6 cm³/mol. The highest BCUT2D eigenvalue weighted by Crippen LogP contribution is 2.13. The molecule has 1 saturated heterocycles. The van der Waals surface area contributed by atoms with E-state index >= 15 is 0 Å². The normalized spacial score (nSPS) is 16.3. The third kappa shape index (κ3) is 4.14. The lowest BCUT2D eigenvalue weighted by Crippen LogP contribution is -2.55. The fourth-order valence-electron chi connectivity index (χ4n) is 3.28. The first kappa shape index (κ1) is 18.2. The minimum Gasteiger partial charge on any atom is -0.459 e. The average Bonchev–Trinajstić information content (AvgIpc) is 3.22. The second kappa shape index (κ2) is 8.19. The fourth-order valence-corrected chi connectivity index (χ4v) is 3.28. The smallest absolute Gasteiger partial charge is 0.289 e. The number of benzene rings is 1. The molecule has 1 fully saturated rings. The quantitative estimate of drug-likeness (QED) is 0.824. The van der Waals surface area contributed by atoms with E-state index in [1.807, 2.05) is 44.3 Å². The van der Waals surface area contributed by atoms with Crippen LogP contribution in [0.15, 0.2) is 53.1 Å². The van der Waals surface area contributed by atoms with Crippen LogP contribution < -0.4 is 0 Å². The number of rotatable bonds is 5. The molecule has 26 heavy (non-hydrogen) atoms. The van der Waals surface area contributed by atoms with Crippen LogP contribution in [0.3, 0.4) is 0 Å². The van der Waals surface area contributed by atoms with Gasteiger partial charge in [0.25, 0.3) is 5.91 Å². The van der Waals surface area contributed by atoms with Gasteiger partial charge in [0.15, 0.2) is 5.76 Å². The van der Waals surface area contributed by atoms with E-state index in [1.165, 1.54) is 6.26 Å². The minimum atomic E-state index is -0.204. The lowest BCUT2D eigenvalue weighted by atomic mass is 10.1. The van der Waals surface area contributed by atoms with Crippen LogP contribution in [0.1, 0.15) is 23.0 Å². The molecule has 1 aromatic heterocycles. The van der Waals surface area contributed by atoms with E-state index in [0.717, 1.165) is 5.56 Å². The molecule has 6 heteroatoms. The summed E-state index contributed by atoms with van der Waals surface area (Å²) in [5.41, 5.74) is 1.12. The summed E-state index contributed by atoms with van der Waals surface area (Å²) in [4.78, 5) is 30.7. The molecule has 0 saturated carbocycles. The van der Waals surface area contributed by atoms with Crippen LogP contribution in [0.5, 0.6) is 0 Å². The summed E-state index contributed by atoms with van der Waals surface area (Å²) < 4.78 is 5.18. The van der Waals surface area contributed by atoms with Crippen molar-refractivity contribution in [3.05, 3.63) is 60.1 Å². The van der Waals surface area contributed by atoms with E-state index in [2.05, 4.69) is 4.90 Å². The molecule has 6 nitrogen and oxygen atoms in total. The van der Waals surface area contributed by atoms with Gasteiger partial charge in [-0.25, -0.2) is 0 Å². The van der Waals surface area contributed by atoms with Crippen molar-refractivity contribution in [1.82, 2.24) is 14.7 Å². The topological polar surface area (TPSA) is 57.0 Å². The highest BCUT2D eigenvalue weighted by molar-refractivity contribution is 5.91. The minimum absolute atomic E-state index is 0.0881. The number of likely N-dealkylation sites (N-methyl/N-ethyl adjacent to an activating group) is 1. The van der Waals surface area contributed by atoms with Gasteiger partial charge in [0.05, 0.1) is 12.3 Å². The van der Waals surface area contributed by atoms with E-state index in [1.54, 1.807) is 21.9 Å². The molecule has 1 aliphatic rings. The molecule has 0 bridgehead atoms. The van der Waals surface area contributed by atoms with Gasteiger partial charge < -0.3 is 14.2 Å². The van der Waals surface area contributed by atoms with Crippen molar-refractivity contribution >= 4 is 11.8 Å². The summed E-state index contributed by atoms with van der Waals surface area (Å²) in [6.45, 7) is 5.09. The third-order valence-electron chi connectivity index (χ3n) is 4.88. The van der Waals surface area contributed by atoms with Gasteiger partial charge in [-0.3, -0.25) is 14.5 Å². The summed E-state index contributed by atoms with van der Waals surface area (Å²) >= 11 is 0. The summed E-state index contributed by atoms with van der Waals surface area (Å²) in [6.07, 6.45) is 1.51. The van der Waals surface area contributed by atoms with Gasteiger partial charge in [-0.05, 0) is 24.6 Å². The Labute approximate surface area is 154 Å². The molecular formula is C20H25N3O3. The van der Waals surface area contributed by atoms with Crippen LogP contribution in [0.25, 0.3) is 0 Å².